The van der Waals surface area contributed by atoms with Crippen LogP contribution >= 0.6 is 0 Å². The monoisotopic (exact) mass is 140 g/mol. The van der Waals surface area contributed by atoms with Crippen LogP contribution in [0.3, 0.4) is 0 Å². The molecule has 1 amide bonds. The topological polar surface area (TPSA) is 77.9 Å². The van der Waals surface area contributed by atoms with Crippen molar-refractivity contribution in [3.05, 3.63) is 23.1 Å². The Balaban J connectivity index is 3.43. The lowest BCUT2D eigenvalue weighted by molar-refractivity contribution is -0.119. The van der Waals surface area contributed by atoms with Crippen molar-refractivity contribution in [3.63, 3.8) is 0 Å². The minimum Gasteiger partial charge on any atom is -0.353 e. The maximum absolute atomic E-state index is 10.5. The van der Waals surface area contributed by atoms with E-state index in [1.165, 1.54) is 0 Å². The quantitative estimate of drug-likeness (QED) is 0.264. The summed E-state index contributed by atoms with van der Waals surface area (Å²) < 4.78 is 0. The number of carbonyl (C=O) groups is 1. The standard InChI is InChI=1S/C5H8N4O/c1-2-3-7-5(10)4-8-9-6/h2H,1,3-4H2,(H,7,10). The minimum absolute atomic E-state index is 0.148. The van der Waals surface area contributed by atoms with Gasteiger partial charge in [-0.3, -0.25) is 4.79 Å². The first-order chi connectivity index (χ1) is 4.81. The van der Waals surface area contributed by atoms with Crippen molar-refractivity contribution in [1.29, 1.82) is 0 Å². The average molecular weight is 140 g/mol. The van der Waals surface area contributed by atoms with Crippen LogP contribution in [0.1, 0.15) is 0 Å². The summed E-state index contributed by atoms with van der Waals surface area (Å²) in [6, 6.07) is 0. The molecule has 0 aromatic carbocycles. The lowest BCUT2D eigenvalue weighted by Gasteiger charge is -1.95. The lowest BCUT2D eigenvalue weighted by atomic mass is 10.5. The van der Waals surface area contributed by atoms with E-state index in [-0.39, 0.29) is 12.5 Å². The maximum atomic E-state index is 10.5. The zero-order valence-corrected chi connectivity index (χ0v) is 5.45. The third kappa shape index (κ3) is 4.67. The van der Waals surface area contributed by atoms with Crippen LogP contribution in [0, 0.1) is 0 Å². The Morgan fingerprint density at radius 3 is 3.10 bits per heavy atom. The molecule has 5 nitrogen and oxygen atoms in total. The molecule has 10 heavy (non-hydrogen) atoms. The van der Waals surface area contributed by atoms with Gasteiger partial charge in [0, 0.05) is 11.5 Å². The van der Waals surface area contributed by atoms with E-state index in [0.717, 1.165) is 0 Å². The molecule has 0 aliphatic carbocycles. The van der Waals surface area contributed by atoms with E-state index in [1.807, 2.05) is 0 Å². The van der Waals surface area contributed by atoms with Gasteiger partial charge in [-0.2, -0.15) is 0 Å². The Labute approximate surface area is 58.4 Å². The van der Waals surface area contributed by atoms with E-state index >= 15 is 0 Å². The molecule has 0 saturated heterocycles. The summed E-state index contributed by atoms with van der Waals surface area (Å²) in [5.41, 5.74) is 7.80. The van der Waals surface area contributed by atoms with Gasteiger partial charge in [0.1, 0.15) is 6.54 Å². The van der Waals surface area contributed by atoms with Crippen molar-refractivity contribution in [2.45, 2.75) is 0 Å². The minimum atomic E-state index is -0.294. The molecule has 0 aromatic rings. The van der Waals surface area contributed by atoms with Gasteiger partial charge in [0.15, 0.2) is 0 Å². The highest BCUT2D eigenvalue weighted by molar-refractivity contribution is 5.78. The van der Waals surface area contributed by atoms with E-state index < -0.39 is 0 Å². The van der Waals surface area contributed by atoms with Gasteiger partial charge in [-0.15, -0.1) is 6.58 Å². The van der Waals surface area contributed by atoms with E-state index in [2.05, 4.69) is 21.9 Å². The molecule has 0 rings (SSSR count). The van der Waals surface area contributed by atoms with E-state index in [1.54, 1.807) is 6.08 Å². The molecule has 5 heteroatoms. The van der Waals surface area contributed by atoms with Gasteiger partial charge in [0.05, 0.1) is 0 Å². The average Bonchev–Trinajstić information content (AvgIpc) is 1.97. The number of hydrogen-bond donors (Lipinski definition) is 1. The molecule has 0 atom stereocenters. The van der Waals surface area contributed by atoms with Crippen LogP contribution in [0.4, 0.5) is 0 Å². The Hall–Kier alpha value is -1.48. The Kier molecular flexibility index (Phi) is 4.82. The first-order valence-corrected chi connectivity index (χ1v) is 2.69. The summed E-state index contributed by atoms with van der Waals surface area (Å²) in [4.78, 5) is 13.0. The predicted octanol–water partition coefficient (Wildman–Crippen LogP) is 0.599. The van der Waals surface area contributed by atoms with E-state index in [0.29, 0.717) is 6.54 Å². The first-order valence-electron chi connectivity index (χ1n) is 2.69. The molecular weight excluding hydrogens is 132 g/mol. The number of amides is 1. The van der Waals surface area contributed by atoms with Crippen LogP contribution in [0.15, 0.2) is 17.8 Å². The molecule has 0 heterocycles. The van der Waals surface area contributed by atoms with Crippen LogP contribution in [0.5, 0.6) is 0 Å². The zero-order valence-electron chi connectivity index (χ0n) is 5.45. The SMILES string of the molecule is C=CCNC(=O)CN=[N+]=[N-]. The van der Waals surface area contributed by atoms with E-state index in [9.17, 15) is 4.79 Å². The largest absolute Gasteiger partial charge is 0.353 e. The third-order valence-electron chi connectivity index (χ3n) is 0.721. The molecule has 0 radical (unpaired) electrons. The first kappa shape index (κ1) is 8.52. The number of hydrogen-bond acceptors (Lipinski definition) is 2. The summed E-state index contributed by atoms with van der Waals surface area (Å²) in [5.74, 6) is -0.294. The van der Waals surface area contributed by atoms with Crippen LogP contribution in [-0.2, 0) is 4.79 Å². The van der Waals surface area contributed by atoms with Crippen molar-refractivity contribution in [2.24, 2.45) is 5.11 Å². The van der Waals surface area contributed by atoms with Crippen LogP contribution in [0.25, 0.3) is 10.4 Å². The fourth-order valence-corrected chi connectivity index (χ4v) is 0.338. The normalized spacial score (nSPS) is 7.60. The molecule has 0 saturated carbocycles. The summed E-state index contributed by atoms with van der Waals surface area (Å²) in [5, 5.41) is 5.50. The maximum Gasteiger partial charge on any atom is 0.226 e. The smallest absolute Gasteiger partial charge is 0.226 e. The van der Waals surface area contributed by atoms with Gasteiger partial charge < -0.3 is 5.32 Å². The number of rotatable bonds is 4. The summed E-state index contributed by atoms with van der Waals surface area (Å²) in [7, 11) is 0. The number of nitrogens with one attached hydrogen (secondary N) is 1. The molecule has 0 unspecified atom stereocenters. The van der Waals surface area contributed by atoms with Crippen LogP contribution in [0.2, 0.25) is 0 Å². The molecule has 0 fully saturated rings. The fourth-order valence-electron chi connectivity index (χ4n) is 0.338. The van der Waals surface area contributed by atoms with Gasteiger partial charge in [-0.05, 0) is 5.53 Å². The Bertz CT molecular complexity index is 170. The zero-order chi connectivity index (χ0) is 7.82. The Morgan fingerprint density at radius 1 is 1.90 bits per heavy atom. The van der Waals surface area contributed by atoms with E-state index in [4.69, 9.17) is 5.53 Å². The summed E-state index contributed by atoms with van der Waals surface area (Å²) in [6.45, 7) is 3.65. The van der Waals surface area contributed by atoms with Crippen molar-refractivity contribution < 1.29 is 4.79 Å². The number of nitrogens with zero attached hydrogens (tertiary/aromatic N) is 3. The molecule has 0 aliphatic rings. The van der Waals surface area contributed by atoms with Crippen molar-refractivity contribution in [3.8, 4) is 0 Å². The second-order valence-corrected chi connectivity index (χ2v) is 1.48. The van der Waals surface area contributed by atoms with Gasteiger partial charge >= 0.3 is 0 Å². The van der Waals surface area contributed by atoms with Gasteiger partial charge in [0.2, 0.25) is 5.91 Å². The molecule has 1 N–H and O–H groups in total. The highest BCUT2D eigenvalue weighted by Crippen LogP contribution is 1.71. The van der Waals surface area contributed by atoms with Crippen molar-refractivity contribution in [1.82, 2.24) is 5.32 Å². The van der Waals surface area contributed by atoms with Gasteiger partial charge in [0.25, 0.3) is 0 Å². The molecule has 0 spiro atoms. The van der Waals surface area contributed by atoms with Crippen LogP contribution in [-0.4, -0.2) is 19.0 Å². The Morgan fingerprint density at radius 2 is 2.60 bits per heavy atom. The van der Waals surface area contributed by atoms with Crippen molar-refractivity contribution >= 4 is 5.91 Å². The molecule has 0 aliphatic heterocycles. The second kappa shape index (κ2) is 5.65. The van der Waals surface area contributed by atoms with Crippen LogP contribution < -0.4 is 5.32 Å². The van der Waals surface area contributed by atoms with Crippen molar-refractivity contribution in [2.75, 3.05) is 13.1 Å². The lowest BCUT2D eigenvalue weighted by Crippen LogP contribution is -2.25. The summed E-state index contributed by atoms with van der Waals surface area (Å²) in [6.07, 6.45) is 1.55. The fraction of sp³-hybridized carbons (Fsp3) is 0.400. The number of carbonyl (C=O) groups excluding carboxylic acids is 1. The van der Waals surface area contributed by atoms with Gasteiger partial charge in [-0.25, -0.2) is 0 Å². The second-order valence-electron chi connectivity index (χ2n) is 1.48. The van der Waals surface area contributed by atoms with Gasteiger partial charge in [-0.1, -0.05) is 11.2 Å². The highest BCUT2D eigenvalue weighted by atomic mass is 16.1. The molecule has 54 valence electrons. The molecule has 0 bridgehead atoms. The molecule has 0 aromatic heterocycles. The predicted molar refractivity (Wildman–Crippen MR) is 37.2 cm³/mol. The number of azide groups is 1. The summed E-state index contributed by atoms with van der Waals surface area (Å²) >= 11 is 0. The highest BCUT2D eigenvalue weighted by Gasteiger charge is 1.93. The molecular formula is C5H8N4O. The third-order valence-corrected chi connectivity index (χ3v) is 0.721.